The van der Waals surface area contributed by atoms with Gasteiger partial charge in [-0.25, -0.2) is 14.2 Å². The topological polar surface area (TPSA) is 69.9 Å². The molecule has 4 rings (SSSR count). The van der Waals surface area contributed by atoms with Gasteiger partial charge in [-0.1, -0.05) is 0 Å². The molecule has 8 heteroatoms. The first-order valence-electron chi connectivity index (χ1n) is 8.60. The van der Waals surface area contributed by atoms with Crippen LogP contribution in [0.25, 0.3) is 4.96 Å². The second kappa shape index (κ2) is 7.11. The Morgan fingerprint density at radius 1 is 1.30 bits per heavy atom. The average molecular weight is 388 g/mol. The van der Waals surface area contributed by atoms with Gasteiger partial charge in [0.2, 0.25) is 0 Å². The van der Waals surface area contributed by atoms with E-state index in [9.17, 15) is 14.0 Å². The molecule has 27 heavy (non-hydrogen) atoms. The van der Waals surface area contributed by atoms with E-state index in [1.807, 2.05) is 0 Å². The third-order valence-corrected chi connectivity index (χ3v) is 5.70. The molecule has 0 unspecified atom stereocenters. The van der Waals surface area contributed by atoms with Crippen LogP contribution in [-0.2, 0) is 24.2 Å². The van der Waals surface area contributed by atoms with Gasteiger partial charge in [-0.3, -0.25) is 9.20 Å². The first-order valence-corrected chi connectivity index (χ1v) is 9.42. The molecule has 1 aromatic carbocycles. The second-order valence-corrected chi connectivity index (χ2v) is 7.37. The van der Waals surface area contributed by atoms with Crippen molar-refractivity contribution in [3.8, 4) is 5.75 Å². The van der Waals surface area contributed by atoms with Crippen molar-refractivity contribution in [1.82, 2.24) is 9.38 Å². The Labute approximate surface area is 158 Å². The van der Waals surface area contributed by atoms with Gasteiger partial charge in [-0.05, 0) is 37.8 Å². The zero-order valence-electron chi connectivity index (χ0n) is 14.7. The van der Waals surface area contributed by atoms with Crippen LogP contribution in [0.2, 0.25) is 0 Å². The molecule has 0 spiro atoms. The molecule has 0 bridgehead atoms. The fraction of sp³-hybridized carbons (Fsp3) is 0.316. The van der Waals surface area contributed by atoms with Crippen molar-refractivity contribution in [3.05, 3.63) is 62.3 Å². The summed E-state index contributed by atoms with van der Waals surface area (Å²) in [6, 6.07) is 5.26. The van der Waals surface area contributed by atoms with Gasteiger partial charge in [-0.15, -0.1) is 11.3 Å². The number of thiazole rings is 1. The Kier molecular flexibility index (Phi) is 4.65. The predicted octanol–water partition coefficient (Wildman–Crippen LogP) is 3.14. The lowest BCUT2D eigenvalue weighted by molar-refractivity contribution is 0.0462. The maximum Gasteiger partial charge on any atom is 0.341 e. The fourth-order valence-electron chi connectivity index (χ4n) is 3.22. The van der Waals surface area contributed by atoms with Crippen LogP contribution in [-0.4, -0.2) is 22.5 Å². The van der Waals surface area contributed by atoms with Crippen molar-refractivity contribution in [3.63, 3.8) is 0 Å². The van der Waals surface area contributed by atoms with Gasteiger partial charge >= 0.3 is 5.97 Å². The number of ether oxygens (including phenoxy) is 2. The minimum atomic E-state index is -0.817. The first kappa shape index (κ1) is 17.7. The summed E-state index contributed by atoms with van der Waals surface area (Å²) in [6.07, 6.45) is 4.02. The van der Waals surface area contributed by atoms with Crippen molar-refractivity contribution in [2.75, 3.05) is 7.11 Å². The summed E-state index contributed by atoms with van der Waals surface area (Å²) in [6.45, 7) is -0.196. The fourth-order valence-corrected chi connectivity index (χ4v) is 4.45. The average Bonchev–Trinajstić information content (AvgIpc) is 3.04. The number of aromatic nitrogens is 2. The van der Waals surface area contributed by atoms with Crippen LogP contribution in [0.4, 0.5) is 4.39 Å². The lowest BCUT2D eigenvalue weighted by atomic mass is 10.0. The van der Waals surface area contributed by atoms with Crippen molar-refractivity contribution in [2.45, 2.75) is 32.3 Å². The van der Waals surface area contributed by atoms with Gasteiger partial charge in [0.25, 0.3) is 5.56 Å². The number of aryl methyl sites for hydroxylation is 2. The summed E-state index contributed by atoms with van der Waals surface area (Å²) in [4.78, 5) is 30.9. The minimum absolute atomic E-state index is 0.180. The highest BCUT2D eigenvalue weighted by atomic mass is 32.1. The number of halogens is 1. The summed E-state index contributed by atoms with van der Waals surface area (Å²) in [5.41, 5.74) is 1.02. The number of rotatable bonds is 4. The molecule has 3 aromatic rings. The first-order chi connectivity index (χ1) is 13.1. The highest BCUT2D eigenvalue weighted by Crippen LogP contribution is 2.28. The molecule has 0 aliphatic heterocycles. The smallest absolute Gasteiger partial charge is 0.341 e. The van der Waals surface area contributed by atoms with Crippen LogP contribution < -0.4 is 10.3 Å². The van der Waals surface area contributed by atoms with Crippen molar-refractivity contribution >= 4 is 22.3 Å². The summed E-state index contributed by atoms with van der Waals surface area (Å²) < 4.78 is 25.7. The standard InChI is InChI=1S/C19H17FN2O4S/c1-25-12-6-7-13(14(20)9-12)18(24)26-10-11-8-17(23)22-15-4-2-3-5-16(15)27-19(22)21-11/h6-9H,2-5,10H2,1H3. The lowest BCUT2D eigenvalue weighted by Crippen LogP contribution is -2.18. The number of carbonyl (C=O) groups excluding carboxylic acids is 1. The number of nitrogens with zero attached hydrogens (tertiary/aromatic N) is 2. The molecular weight excluding hydrogens is 371 g/mol. The Morgan fingerprint density at radius 3 is 2.89 bits per heavy atom. The van der Waals surface area contributed by atoms with E-state index in [0.717, 1.165) is 37.4 Å². The number of hydrogen-bond acceptors (Lipinski definition) is 6. The molecule has 2 heterocycles. The van der Waals surface area contributed by atoms with Crippen molar-refractivity contribution in [1.29, 1.82) is 0 Å². The molecule has 0 saturated carbocycles. The molecule has 0 amide bonds. The lowest BCUT2D eigenvalue weighted by Gasteiger charge is -2.10. The molecule has 0 atom stereocenters. The summed E-state index contributed by atoms with van der Waals surface area (Å²) in [5, 5.41) is 0. The third-order valence-electron chi connectivity index (χ3n) is 4.56. The molecule has 140 valence electrons. The Morgan fingerprint density at radius 2 is 2.11 bits per heavy atom. The zero-order chi connectivity index (χ0) is 19.0. The monoisotopic (exact) mass is 388 g/mol. The molecule has 2 aromatic heterocycles. The van der Waals surface area contributed by atoms with E-state index in [1.165, 1.54) is 41.5 Å². The number of benzene rings is 1. The van der Waals surface area contributed by atoms with Gasteiger partial charge in [0.05, 0.1) is 18.4 Å². The predicted molar refractivity (Wildman–Crippen MR) is 98.1 cm³/mol. The molecule has 0 radical (unpaired) electrons. The number of methoxy groups -OCH3 is 1. The minimum Gasteiger partial charge on any atom is -0.497 e. The van der Waals surface area contributed by atoms with Crippen LogP contribution in [0, 0.1) is 5.82 Å². The number of esters is 1. The van der Waals surface area contributed by atoms with Crippen molar-refractivity contribution < 1.29 is 18.7 Å². The number of carbonyl (C=O) groups is 1. The van der Waals surface area contributed by atoms with Crippen LogP contribution in [0.3, 0.4) is 0 Å². The van der Waals surface area contributed by atoms with E-state index < -0.39 is 11.8 Å². The van der Waals surface area contributed by atoms with E-state index in [4.69, 9.17) is 9.47 Å². The maximum atomic E-state index is 14.0. The van der Waals surface area contributed by atoms with Crippen LogP contribution in [0.5, 0.6) is 5.75 Å². The van der Waals surface area contributed by atoms with Gasteiger partial charge in [0.15, 0.2) is 4.96 Å². The quantitative estimate of drug-likeness (QED) is 0.642. The SMILES string of the molecule is COc1ccc(C(=O)OCc2cc(=O)n3c4c(sc3n2)CCCC4)c(F)c1. The van der Waals surface area contributed by atoms with E-state index >= 15 is 0 Å². The molecule has 0 saturated heterocycles. The Balaban J connectivity index is 1.55. The van der Waals surface area contributed by atoms with E-state index in [0.29, 0.717) is 16.4 Å². The van der Waals surface area contributed by atoms with Crippen molar-refractivity contribution in [2.24, 2.45) is 0 Å². The molecule has 0 fully saturated rings. The Hall–Kier alpha value is -2.74. The number of hydrogen-bond donors (Lipinski definition) is 0. The Bertz CT molecular complexity index is 1090. The number of fused-ring (bicyclic) bond motifs is 3. The molecule has 0 N–H and O–H groups in total. The van der Waals surface area contributed by atoms with Crippen LogP contribution in [0.1, 0.15) is 39.5 Å². The molecule has 6 nitrogen and oxygen atoms in total. The largest absolute Gasteiger partial charge is 0.497 e. The van der Waals surface area contributed by atoms with E-state index in [2.05, 4.69) is 4.98 Å². The van der Waals surface area contributed by atoms with E-state index in [1.54, 1.807) is 4.40 Å². The third kappa shape index (κ3) is 3.32. The van der Waals surface area contributed by atoms with Crippen LogP contribution in [0.15, 0.2) is 29.1 Å². The molecule has 1 aliphatic rings. The summed E-state index contributed by atoms with van der Waals surface area (Å²) >= 11 is 1.50. The maximum absolute atomic E-state index is 14.0. The van der Waals surface area contributed by atoms with Gasteiger partial charge in [0, 0.05) is 22.7 Å². The van der Waals surface area contributed by atoms with E-state index in [-0.39, 0.29) is 17.7 Å². The van der Waals surface area contributed by atoms with Gasteiger partial charge in [-0.2, -0.15) is 0 Å². The van der Waals surface area contributed by atoms with Gasteiger partial charge < -0.3 is 9.47 Å². The molecular formula is C19H17FN2O4S. The zero-order valence-corrected chi connectivity index (χ0v) is 15.5. The van der Waals surface area contributed by atoms with Gasteiger partial charge in [0.1, 0.15) is 18.2 Å². The highest BCUT2D eigenvalue weighted by Gasteiger charge is 2.19. The van der Waals surface area contributed by atoms with Crippen LogP contribution >= 0.6 is 11.3 Å². The summed E-state index contributed by atoms with van der Waals surface area (Å²) in [5.74, 6) is -1.23. The normalized spacial score (nSPS) is 13.4. The second-order valence-electron chi connectivity index (χ2n) is 6.30. The highest BCUT2D eigenvalue weighted by molar-refractivity contribution is 7.17. The molecule has 1 aliphatic carbocycles. The summed E-state index contributed by atoms with van der Waals surface area (Å²) in [7, 11) is 1.41.